The van der Waals surface area contributed by atoms with Gasteiger partial charge in [-0.15, -0.1) is 11.3 Å². The average molecular weight is 398 g/mol. The number of benzene rings is 2. The Labute approximate surface area is 131 Å². The lowest BCUT2D eigenvalue weighted by atomic mass is 10.1. The zero-order valence-corrected chi connectivity index (χ0v) is 13.1. The molecule has 1 aromatic heterocycles. The van der Waals surface area contributed by atoms with Gasteiger partial charge in [0.25, 0.3) is 0 Å². The van der Waals surface area contributed by atoms with Crippen LogP contribution >= 0.6 is 45.5 Å². The van der Waals surface area contributed by atoms with Crippen molar-refractivity contribution < 1.29 is 0 Å². The van der Waals surface area contributed by atoms with Crippen molar-refractivity contribution in [1.29, 1.82) is 5.26 Å². The molecule has 92 valence electrons. The number of halogens is 2. The monoisotopic (exact) mass is 397 g/mol. The van der Waals surface area contributed by atoms with Crippen molar-refractivity contribution in [3.63, 3.8) is 0 Å². The first-order valence-electron chi connectivity index (χ1n) is 5.37. The second-order valence-corrected chi connectivity index (χ2v) is 6.53. The first-order chi connectivity index (χ1) is 9.13. The highest BCUT2D eigenvalue weighted by atomic mass is 127. The van der Waals surface area contributed by atoms with Crippen molar-refractivity contribution in [3.05, 3.63) is 54.7 Å². The van der Waals surface area contributed by atoms with Crippen LogP contribution in [0.3, 0.4) is 0 Å². The highest BCUT2D eigenvalue weighted by Gasteiger charge is 2.15. The summed E-state index contributed by atoms with van der Waals surface area (Å²) < 4.78 is 2.29. The quantitative estimate of drug-likeness (QED) is 0.413. The summed E-state index contributed by atoms with van der Waals surface area (Å²) in [6, 6.07) is 11.3. The van der Waals surface area contributed by atoms with Crippen LogP contribution in [0.25, 0.3) is 20.2 Å². The fraction of sp³-hybridized carbons (Fsp3) is 0. The lowest BCUT2D eigenvalue weighted by Gasteiger charge is -2.05. The van der Waals surface area contributed by atoms with E-state index in [4.69, 9.17) is 11.6 Å². The third kappa shape index (κ3) is 1.93. The van der Waals surface area contributed by atoms with Crippen LogP contribution in [0, 0.1) is 14.9 Å². The highest BCUT2D eigenvalue weighted by molar-refractivity contribution is 14.1. The van der Waals surface area contributed by atoms with Gasteiger partial charge < -0.3 is 0 Å². The van der Waals surface area contributed by atoms with E-state index in [1.165, 1.54) is 11.3 Å². The molecule has 0 atom stereocenters. The molecule has 3 aromatic rings. The lowest BCUT2D eigenvalue weighted by Crippen LogP contribution is -2.04. The molecule has 1 heterocycles. The van der Waals surface area contributed by atoms with Gasteiger partial charge in [0, 0.05) is 14.8 Å². The van der Waals surface area contributed by atoms with Crippen LogP contribution in [0.4, 0.5) is 0 Å². The van der Waals surface area contributed by atoms with Crippen molar-refractivity contribution in [3.8, 4) is 6.07 Å². The molecule has 0 saturated carbocycles. The first-order valence-corrected chi connectivity index (χ1v) is 7.64. The summed E-state index contributed by atoms with van der Waals surface area (Å²) in [5.41, 5.74) is 0.269. The third-order valence-corrected chi connectivity index (χ3v) is 5.73. The van der Waals surface area contributed by atoms with E-state index in [1.54, 1.807) is 12.1 Å². The van der Waals surface area contributed by atoms with Crippen molar-refractivity contribution >= 4 is 65.7 Å². The fourth-order valence-corrected chi connectivity index (χ4v) is 3.95. The standard InChI is InChI=1S/C14H5ClINOS/c15-9-5-11-12(8(6-17)13(9)16)14(18)7-3-1-2-4-10(7)19-11/h1-5H. The molecule has 0 bridgehead atoms. The zero-order valence-electron chi connectivity index (χ0n) is 9.41. The van der Waals surface area contributed by atoms with E-state index in [9.17, 15) is 10.1 Å². The Kier molecular flexibility index (Phi) is 3.21. The number of nitrogens with zero attached hydrogens (tertiary/aromatic N) is 1. The molecule has 2 aromatic carbocycles. The van der Waals surface area contributed by atoms with Crippen LogP contribution in [-0.4, -0.2) is 0 Å². The second kappa shape index (κ2) is 4.75. The Morgan fingerprint density at radius 3 is 2.74 bits per heavy atom. The highest BCUT2D eigenvalue weighted by Crippen LogP contribution is 2.33. The van der Waals surface area contributed by atoms with Gasteiger partial charge in [-0.05, 0) is 40.8 Å². The van der Waals surface area contributed by atoms with Crippen LogP contribution < -0.4 is 5.43 Å². The minimum atomic E-state index is -0.101. The lowest BCUT2D eigenvalue weighted by molar-refractivity contribution is 1.49. The summed E-state index contributed by atoms with van der Waals surface area (Å²) in [4.78, 5) is 12.5. The molecule has 0 aliphatic heterocycles. The van der Waals surface area contributed by atoms with Gasteiger partial charge in [0.2, 0.25) is 0 Å². The number of fused-ring (bicyclic) bond motifs is 2. The van der Waals surface area contributed by atoms with E-state index in [-0.39, 0.29) is 5.43 Å². The molecule has 0 amide bonds. The Morgan fingerprint density at radius 1 is 1.26 bits per heavy atom. The van der Waals surface area contributed by atoms with E-state index in [2.05, 4.69) is 6.07 Å². The van der Waals surface area contributed by atoms with Gasteiger partial charge in [-0.1, -0.05) is 23.7 Å². The minimum absolute atomic E-state index is 0.101. The molecule has 0 spiro atoms. The van der Waals surface area contributed by atoms with Crippen molar-refractivity contribution in [2.45, 2.75) is 0 Å². The topological polar surface area (TPSA) is 40.9 Å². The molecule has 0 aliphatic rings. The SMILES string of the molecule is N#Cc1c(I)c(Cl)cc2sc3ccccc3c(=O)c12. The molecule has 0 saturated heterocycles. The molecule has 0 unspecified atom stereocenters. The Morgan fingerprint density at radius 2 is 2.00 bits per heavy atom. The van der Waals surface area contributed by atoms with Crippen LogP contribution in [0.1, 0.15) is 5.56 Å². The fourth-order valence-electron chi connectivity index (χ4n) is 2.01. The van der Waals surface area contributed by atoms with Crippen LogP contribution in [0.5, 0.6) is 0 Å². The molecule has 0 radical (unpaired) electrons. The molecule has 3 rings (SSSR count). The summed E-state index contributed by atoms with van der Waals surface area (Å²) in [7, 11) is 0. The maximum absolute atomic E-state index is 12.5. The third-order valence-electron chi connectivity index (χ3n) is 2.87. The molecule has 0 fully saturated rings. The van der Waals surface area contributed by atoms with Crippen molar-refractivity contribution in [1.82, 2.24) is 0 Å². The molecular weight excluding hydrogens is 393 g/mol. The largest absolute Gasteiger partial charge is 0.288 e. The van der Waals surface area contributed by atoms with E-state index in [1.807, 2.05) is 40.8 Å². The Bertz CT molecular complexity index is 927. The van der Waals surface area contributed by atoms with Gasteiger partial charge in [-0.3, -0.25) is 4.79 Å². The Hall–Kier alpha value is -1.16. The van der Waals surface area contributed by atoms with E-state index < -0.39 is 0 Å². The zero-order chi connectivity index (χ0) is 13.6. The minimum Gasteiger partial charge on any atom is -0.288 e. The van der Waals surface area contributed by atoms with Gasteiger partial charge in [-0.2, -0.15) is 5.26 Å². The maximum atomic E-state index is 12.5. The summed E-state index contributed by atoms with van der Waals surface area (Å²) in [5.74, 6) is 0. The number of rotatable bonds is 0. The number of hydrogen-bond acceptors (Lipinski definition) is 3. The molecule has 2 nitrogen and oxygen atoms in total. The van der Waals surface area contributed by atoms with Gasteiger partial charge in [0.05, 0.1) is 19.5 Å². The molecular formula is C14H5ClINOS. The second-order valence-electron chi connectivity index (χ2n) is 3.96. The average Bonchev–Trinajstić information content (AvgIpc) is 2.41. The van der Waals surface area contributed by atoms with Crippen LogP contribution in [-0.2, 0) is 0 Å². The van der Waals surface area contributed by atoms with Gasteiger partial charge in [-0.25, -0.2) is 0 Å². The van der Waals surface area contributed by atoms with E-state index >= 15 is 0 Å². The maximum Gasteiger partial charge on any atom is 0.197 e. The summed E-state index contributed by atoms with van der Waals surface area (Å²) in [6.45, 7) is 0. The number of nitriles is 1. The first kappa shape index (κ1) is 12.9. The predicted octanol–water partition coefficient (Wildman–Crippen LogP) is 4.54. The predicted molar refractivity (Wildman–Crippen MR) is 88.0 cm³/mol. The van der Waals surface area contributed by atoms with Crippen molar-refractivity contribution in [2.75, 3.05) is 0 Å². The van der Waals surface area contributed by atoms with Crippen LogP contribution in [0.15, 0.2) is 35.1 Å². The van der Waals surface area contributed by atoms with Crippen molar-refractivity contribution in [2.24, 2.45) is 0 Å². The van der Waals surface area contributed by atoms with Gasteiger partial charge in [0.1, 0.15) is 6.07 Å². The van der Waals surface area contributed by atoms with Gasteiger partial charge in [0.15, 0.2) is 5.43 Å². The van der Waals surface area contributed by atoms with E-state index in [0.29, 0.717) is 24.9 Å². The molecule has 0 N–H and O–H groups in total. The van der Waals surface area contributed by atoms with Gasteiger partial charge >= 0.3 is 0 Å². The molecule has 19 heavy (non-hydrogen) atoms. The van der Waals surface area contributed by atoms with E-state index in [0.717, 1.165) is 9.40 Å². The number of hydrogen-bond donors (Lipinski definition) is 0. The summed E-state index contributed by atoms with van der Waals surface area (Å²) >= 11 is 9.60. The molecule has 0 aliphatic carbocycles. The normalized spacial score (nSPS) is 10.8. The Balaban J connectivity index is 2.68. The van der Waals surface area contributed by atoms with Crippen LogP contribution in [0.2, 0.25) is 5.02 Å². The summed E-state index contributed by atoms with van der Waals surface area (Å²) in [6.07, 6.45) is 0. The summed E-state index contributed by atoms with van der Waals surface area (Å²) in [5, 5.41) is 10.9. The molecule has 5 heteroatoms. The smallest absolute Gasteiger partial charge is 0.197 e.